The van der Waals surface area contributed by atoms with Gasteiger partial charge in [-0.15, -0.1) is 0 Å². The number of hydrogen-bond acceptors (Lipinski definition) is 6. The number of fused-ring (bicyclic) bond motifs is 3. The van der Waals surface area contributed by atoms with Gasteiger partial charge in [0.15, 0.2) is 0 Å². The molecule has 3 aromatic heterocycles. The van der Waals surface area contributed by atoms with Gasteiger partial charge in [0, 0.05) is 30.9 Å². The van der Waals surface area contributed by atoms with E-state index in [0.717, 1.165) is 61.3 Å². The molecule has 3 aromatic rings. The van der Waals surface area contributed by atoms with Gasteiger partial charge in [0.25, 0.3) is 0 Å². The van der Waals surface area contributed by atoms with Gasteiger partial charge in [-0.3, -0.25) is 0 Å². The fraction of sp³-hybridized carbons (Fsp3) is 0.389. The van der Waals surface area contributed by atoms with E-state index in [4.69, 9.17) is 10.2 Å². The second kappa shape index (κ2) is 4.93. The number of rotatable bonds is 1. The molecule has 1 spiro atoms. The standard InChI is InChI=1S/C18H19N5O/c19-17-21-10-12-2-6-18(15(12)22-17)5-1-8-23(11-18)16-13-4-9-24-14(13)3-7-20-16/h3-4,7,9-10H,1-2,5-6,8,11H2,(H2,19,21,22). The van der Waals surface area contributed by atoms with Gasteiger partial charge >= 0.3 is 0 Å². The predicted octanol–water partition coefficient (Wildman–Crippen LogP) is 2.68. The molecule has 1 aliphatic carbocycles. The van der Waals surface area contributed by atoms with E-state index < -0.39 is 0 Å². The van der Waals surface area contributed by atoms with Gasteiger partial charge in [-0.25, -0.2) is 15.0 Å². The maximum absolute atomic E-state index is 5.87. The van der Waals surface area contributed by atoms with Gasteiger partial charge in [0.05, 0.1) is 17.3 Å². The first-order valence-electron chi connectivity index (χ1n) is 8.44. The molecule has 1 fully saturated rings. The molecule has 0 saturated carbocycles. The Bertz CT molecular complexity index is 917. The van der Waals surface area contributed by atoms with Crippen molar-refractivity contribution < 1.29 is 4.42 Å². The van der Waals surface area contributed by atoms with Crippen LogP contribution in [0.15, 0.2) is 35.2 Å². The lowest BCUT2D eigenvalue weighted by Gasteiger charge is -2.41. The van der Waals surface area contributed by atoms with Gasteiger partial charge in [-0.2, -0.15) is 0 Å². The van der Waals surface area contributed by atoms with Crippen LogP contribution >= 0.6 is 0 Å². The Labute approximate surface area is 139 Å². The molecular formula is C18H19N5O. The van der Waals surface area contributed by atoms with Crippen molar-refractivity contribution in [1.82, 2.24) is 15.0 Å². The molecule has 0 radical (unpaired) electrons. The Morgan fingerprint density at radius 1 is 1.21 bits per heavy atom. The van der Waals surface area contributed by atoms with Crippen molar-refractivity contribution in [2.45, 2.75) is 31.1 Å². The van der Waals surface area contributed by atoms with E-state index in [2.05, 4.69) is 19.9 Å². The molecule has 6 heteroatoms. The summed E-state index contributed by atoms with van der Waals surface area (Å²) in [5.41, 5.74) is 9.22. The van der Waals surface area contributed by atoms with Crippen LogP contribution < -0.4 is 10.6 Å². The Hall–Kier alpha value is -2.63. The van der Waals surface area contributed by atoms with Crippen LogP contribution in [0.25, 0.3) is 11.0 Å². The second-order valence-electron chi connectivity index (χ2n) is 6.87. The zero-order valence-corrected chi connectivity index (χ0v) is 13.4. The number of hydrogen-bond donors (Lipinski definition) is 1. The summed E-state index contributed by atoms with van der Waals surface area (Å²) in [6.45, 7) is 1.93. The van der Waals surface area contributed by atoms with Crippen LogP contribution in [-0.4, -0.2) is 28.0 Å². The van der Waals surface area contributed by atoms with Crippen molar-refractivity contribution in [3.05, 3.63) is 42.0 Å². The van der Waals surface area contributed by atoms with E-state index in [1.54, 1.807) is 6.26 Å². The zero-order valence-electron chi connectivity index (χ0n) is 13.4. The number of nitrogen functional groups attached to an aromatic ring is 1. The number of pyridine rings is 1. The Balaban J connectivity index is 1.56. The summed E-state index contributed by atoms with van der Waals surface area (Å²) >= 11 is 0. The number of aryl methyl sites for hydroxylation is 1. The fourth-order valence-corrected chi connectivity index (χ4v) is 4.40. The quantitative estimate of drug-likeness (QED) is 0.742. The molecule has 1 atom stereocenters. The summed E-state index contributed by atoms with van der Waals surface area (Å²) in [4.78, 5) is 15.8. The third-order valence-electron chi connectivity index (χ3n) is 5.49. The average molecular weight is 321 g/mol. The highest BCUT2D eigenvalue weighted by atomic mass is 16.3. The molecule has 1 unspecified atom stereocenters. The van der Waals surface area contributed by atoms with E-state index in [1.807, 2.05) is 24.5 Å². The first-order valence-corrected chi connectivity index (χ1v) is 8.44. The molecule has 6 nitrogen and oxygen atoms in total. The van der Waals surface area contributed by atoms with E-state index in [-0.39, 0.29) is 5.41 Å². The SMILES string of the molecule is Nc1ncc2c(n1)C1(CCCN(c3nccc4occc34)C1)CC2. The van der Waals surface area contributed by atoms with Gasteiger partial charge < -0.3 is 15.1 Å². The molecule has 1 aliphatic heterocycles. The highest BCUT2D eigenvalue weighted by Crippen LogP contribution is 2.45. The molecule has 2 aliphatic rings. The first kappa shape index (κ1) is 13.8. The summed E-state index contributed by atoms with van der Waals surface area (Å²) in [6.07, 6.45) is 9.87. The van der Waals surface area contributed by atoms with Crippen LogP contribution in [0.5, 0.6) is 0 Å². The lowest BCUT2D eigenvalue weighted by Crippen LogP contribution is -2.46. The predicted molar refractivity (Wildman–Crippen MR) is 91.9 cm³/mol. The third-order valence-corrected chi connectivity index (χ3v) is 5.49. The summed E-state index contributed by atoms with van der Waals surface area (Å²) in [5, 5.41) is 1.08. The maximum Gasteiger partial charge on any atom is 0.220 e. The number of anilines is 2. The summed E-state index contributed by atoms with van der Waals surface area (Å²) < 4.78 is 5.53. The molecular weight excluding hydrogens is 302 g/mol. The molecule has 0 bridgehead atoms. The number of aromatic nitrogens is 3. The van der Waals surface area contributed by atoms with Crippen LogP contribution in [-0.2, 0) is 11.8 Å². The van der Waals surface area contributed by atoms with Gasteiger partial charge in [-0.05, 0) is 43.4 Å². The molecule has 2 N–H and O–H groups in total. The second-order valence-corrected chi connectivity index (χ2v) is 6.87. The normalized spacial score (nSPS) is 23.1. The Morgan fingerprint density at radius 3 is 3.12 bits per heavy atom. The molecule has 1 saturated heterocycles. The highest BCUT2D eigenvalue weighted by Gasteiger charge is 2.44. The molecule has 0 aromatic carbocycles. The van der Waals surface area contributed by atoms with Gasteiger partial charge in [-0.1, -0.05) is 0 Å². The molecule has 4 heterocycles. The van der Waals surface area contributed by atoms with E-state index in [1.165, 1.54) is 5.56 Å². The van der Waals surface area contributed by atoms with Crippen LogP contribution in [0.2, 0.25) is 0 Å². The number of furan rings is 1. The molecule has 122 valence electrons. The topological polar surface area (TPSA) is 81.1 Å². The highest BCUT2D eigenvalue weighted by molar-refractivity contribution is 5.88. The lowest BCUT2D eigenvalue weighted by molar-refractivity contribution is 0.334. The zero-order chi connectivity index (χ0) is 16.1. The van der Waals surface area contributed by atoms with Crippen LogP contribution in [0, 0.1) is 0 Å². The van der Waals surface area contributed by atoms with E-state index in [0.29, 0.717) is 5.95 Å². The summed E-state index contributed by atoms with van der Waals surface area (Å²) in [7, 11) is 0. The maximum atomic E-state index is 5.87. The smallest absolute Gasteiger partial charge is 0.220 e. The minimum atomic E-state index is 0.0677. The summed E-state index contributed by atoms with van der Waals surface area (Å²) in [6, 6.07) is 3.92. The first-order chi connectivity index (χ1) is 11.8. The fourth-order valence-electron chi connectivity index (χ4n) is 4.40. The van der Waals surface area contributed by atoms with Crippen LogP contribution in [0.4, 0.5) is 11.8 Å². The van der Waals surface area contributed by atoms with Crippen LogP contribution in [0.3, 0.4) is 0 Å². The monoisotopic (exact) mass is 321 g/mol. The minimum absolute atomic E-state index is 0.0677. The largest absolute Gasteiger partial charge is 0.464 e. The Kier molecular flexibility index (Phi) is 2.83. The van der Waals surface area contributed by atoms with Crippen molar-refractivity contribution in [3.63, 3.8) is 0 Å². The van der Waals surface area contributed by atoms with Crippen molar-refractivity contribution in [2.24, 2.45) is 0 Å². The van der Waals surface area contributed by atoms with Crippen LogP contribution in [0.1, 0.15) is 30.5 Å². The number of nitrogens with two attached hydrogens (primary N) is 1. The average Bonchev–Trinajstić information content (AvgIpc) is 3.21. The number of piperidine rings is 1. The van der Waals surface area contributed by atoms with Crippen molar-refractivity contribution >= 4 is 22.7 Å². The van der Waals surface area contributed by atoms with Crippen molar-refractivity contribution in [1.29, 1.82) is 0 Å². The Morgan fingerprint density at radius 2 is 2.17 bits per heavy atom. The lowest BCUT2D eigenvalue weighted by atomic mass is 9.77. The molecule has 24 heavy (non-hydrogen) atoms. The van der Waals surface area contributed by atoms with Gasteiger partial charge in [0.2, 0.25) is 5.95 Å². The molecule has 5 rings (SSSR count). The number of nitrogens with zero attached hydrogens (tertiary/aromatic N) is 4. The van der Waals surface area contributed by atoms with Crippen molar-refractivity contribution in [3.8, 4) is 0 Å². The molecule has 0 amide bonds. The third kappa shape index (κ3) is 1.92. The van der Waals surface area contributed by atoms with Crippen molar-refractivity contribution in [2.75, 3.05) is 23.7 Å². The summed E-state index contributed by atoms with van der Waals surface area (Å²) in [5.74, 6) is 1.39. The van der Waals surface area contributed by atoms with E-state index >= 15 is 0 Å². The minimum Gasteiger partial charge on any atom is -0.464 e. The van der Waals surface area contributed by atoms with Gasteiger partial charge in [0.1, 0.15) is 11.4 Å². The van der Waals surface area contributed by atoms with E-state index in [9.17, 15) is 0 Å².